The summed E-state index contributed by atoms with van der Waals surface area (Å²) in [5.41, 5.74) is 14.1. The summed E-state index contributed by atoms with van der Waals surface area (Å²) in [7, 11) is 0. The molecule has 58 heavy (non-hydrogen) atoms. The van der Waals surface area contributed by atoms with Crippen LogP contribution in [0.3, 0.4) is 0 Å². The minimum atomic E-state index is -0.234. The van der Waals surface area contributed by atoms with E-state index in [2.05, 4.69) is 230 Å². The first-order chi connectivity index (χ1) is 28.5. The van der Waals surface area contributed by atoms with Gasteiger partial charge in [-0.3, -0.25) is 0 Å². The lowest BCUT2D eigenvalue weighted by atomic mass is 9.73. The van der Waals surface area contributed by atoms with Crippen molar-refractivity contribution < 1.29 is 0 Å². The van der Waals surface area contributed by atoms with E-state index in [1.165, 1.54) is 75.7 Å². The van der Waals surface area contributed by atoms with Crippen LogP contribution in [0.5, 0.6) is 0 Å². The maximum atomic E-state index is 2.57. The molecule has 0 aliphatic carbocycles. The summed E-state index contributed by atoms with van der Waals surface area (Å²) in [6.07, 6.45) is 0. The van der Waals surface area contributed by atoms with Crippen molar-refractivity contribution in [3.63, 3.8) is 0 Å². The van der Waals surface area contributed by atoms with Crippen molar-refractivity contribution in [3.8, 4) is 22.3 Å². The van der Waals surface area contributed by atoms with Crippen molar-refractivity contribution in [1.82, 2.24) is 0 Å². The van der Waals surface area contributed by atoms with Crippen LogP contribution >= 0.6 is 11.3 Å². The molecule has 2 heterocycles. The zero-order chi connectivity index (χ0) is 38.8. The number of nitrogens with zero attached hydrogens (tertiary/aromatic N) is 2. The summed E-state index contributed by atoms with van der Waals surface area (Å²) >= 11 is 1.89. The van der Waals surface area contributed by atoms with Gasteiger partial charge < -0.3 is 9.80 Å². The molecule has 0 atom stereocenters. The van der Waals surface area contributed by atoms with Gasteiger partial charge >= 0.3 is 0 Å². The lowest BCUT2D eigenvalue weighted by Crippen LogP contribution is -2.31. The fourth-order valence-corrected chi connectivity index (χ4v) is 10.4. The van der Waals surface area contributed by atoms with Crippen LogP contribution in [-0.4, -0.2) is 0 Å². The quantitative estimate of drug-likeness (QED) is 0.167. The van der Waals surface area contributed by atoms with Gasteiger partial charge in [0.2, 0.25) is 0 Å². The number of hydrogen-bond acceptors (Lipinski definition) is 3. The first-order valence-electron chi connectivity index (χ1n) is 20.0. The van der Waals surface area contributed by atoms with E-state index in [9.17, 15) is 0 Å². The lowest BCUT2D eigenvalue weighted by Gasteiger charge is -2.44. The Morgan fingerprint density at radius 1 is 0.448 bits per heavy atom. The standard InChI is InChI=1S/C55H40N2S/c1-55(2)47-25-12-13-26-49(47)57(51-36-40(30-34-48(51)55)44-23-15-24-46-45-22-11-14-27-52(45)58-54(44)46)53-43-21-10-9-18-39(43)31-35-50(53)56(41-19-7-4-8-20-41)42-32-28-38(29-33-42)37-16-5-3-6-17-37/h3-36H,1-2H3. The number of para-hydroxylation sites is 2. The number of hydrogen-bond donors (Lipinski definition) is 0. The maximum absolute atomic E-state index is 2.57. The van der Waals surface area contributed by atoms with E-state index in [0.29, 0.717) is 0 Å². The zero-order valence-corrected chi connectivity index (χ0v) is 33.2. The van der Waals surface area contributed by atoms with Crippen molar-refractivity contribution in [3.05, 3.63) is 217 Å². The van der Waals surface area contributed by atoms with Gasteiger partial charge in [-0.1, -0.05) is 172 Å². The molecule has 0 bridgehead atoms. The van der Waals surface area contributed by atoms with Crippen molar-refractivity contribution in [1.29, 1.82) is 0 Å². The average molecular weight is 761 g/mol. The third-order valence-electron chi connectivity index (χ3n) is 12.0. The Hall–Kier alpha value is -6.94. The monoisotopic (exact) mass is 760 g/mol. The van der Waals surface area contributed by atoms with Crippen molar-refractivity contribution in [2.24, 2.45) is 0 Å². The van der Waals surface area contributed by atoms with Crippen LogP contribution in [0.25, 0.3) is 53.2 Å². The minimum Gasteiger partial charge on any atom is -0.308 e. The Morgan fingerprint density at radius 3 is 1.90 bits per heavy atom. The predicted molar refractivity (Wildman–Crippen MR) is 249 cm³/mol. The summed E-state index contributed by atoms with van der Waals surface area (Å²) in [5, 5.41) is 5.02. The topological polar surface area (TPSA) is 6.48 Å². The van der Waals surface area contributed by atoms with Crippen LogP contribution in [0.2, 0.25) is 0 Å². The summed E-state index contributed by atoms with van der Waals surface area (Å²) in [5.74, 6) is 0. The van der Waals surface area contributed by atoms with E-state index in [4.69, 9.17) is 0 Å². The summed E-state index contributed by atoms with van der Waals surface area (Å²) < 4.78 is 2.64. The van der Waals surface area contributed by atoms with Gasteiger partial charge in [-0.2, -0.15) is 0 Å². The minimum absolute atomic E-state index is 0.234. The molecule has 0 N–H and O–H groups in total. The van der Waals surface area contributed by atoms with Gasteiger partial charge in [0.05, 0.1) is 22.7 Å². The summed E-state index contributed by atoms with van der Waals surface area (Å²) in [6.45, 7) is 4.76. The predicted octanol–water partition coefficient (Wildman–Crippen LogP) is 16.1. The number of benzene rings is 9. The molecule has 2 nitrogen and oxygen atoms in total. The van der Waals surface area contributed by atoms with E-state index in [0.717, 1.165) is 22.7 Å². The molecule has 0 radical (unpaired) electrons. The second-order valence-corrected chi connectivity index (χ2v) is 16.8. The molecular weight excluding hydrogens is 721 g/mol. The molecule has 11 rings (SSSR count). The van der Waals surface area contributed by atoms with Gasteiger partial charge in [-0.05, 0) is 87.3 Å². The van der Waals surface area contributed by atoms with Crippen LogP contribution < -0.4 is 9.80 Å². The molecule has 0 spiro atoms. The molecule has 10 aromatic rings. The fourth-order valence-electron chi connectivity index (χ4n) is 9.20. The summed E-state index contributed by atoms with van der Waals surface area (Å²) in [4.78, 5) is 5.00. The average Bonchev–Trinajstić information content (AvgIpc) is 3.67. The van der Waals surface area contributed by atoms with E-state index < -0.39 is 0 Å². The molecule has 0 fully saturated rings. The van der Waals surface area contributed by atoms with Gasteiger partial charge in [0.15, 0.2) is 0 Å². The van der Waals surface area contributed by atoms with Crippen molar-refractivity contribution in [2.45, 2.75) is 19.3 Å². The van der Waals surface area contributed by atoms with Gasteiger partial charge in [0.1, 0.15) is 0 Å². The van der Waals surface area contributed by atoms with Gasteiger partial charge in [0.25, 0.3) is 0 Å². The molecule has 276 valence electrons. The van der Waals surface area contributed by atoms with Crippen LogP contribution in [-0.2, 0) is 5.41 Å². The Bertz CT molecular complexity index is 3140. The van der Waals surface area contributed by atoms with Gasteiger partial charge in [0, 0.05) is 42.3 Å². The Balaban J connectivity index is 1.19. The number of thiophene rings is 1. The Kier molecular flexibility index (Phi) is 8.06. The zero-order valence-electron chi connectivity index (χ0n) is 32.4. The number of rotatable bonds is 6. The highest BCUT2D eigenvalue weighted by Gasteiger charge is 2.39. The van der Waals surface area contributed by atoms with E-state index in [-0.39, 0.29) is 5.41 Å². The lowest BCUT2D eigenvalue weighted by molar-refractivity contribution is 0.632. The molecular formula is C55H40N2S. The third kappa shape index (κ3) is 5.46. The highest BCUT2D eigenvalue weighted by Crippen LogP contribution is 2.57. The normalized spacial score (nSPS) is 13.1. The van der Waals surface area contributed by atoms with Gasteiger partial charge in [-0.25, -0.2) is 0 Å². The molecule has 0 unspecified atom stereocenters. The molecule has 9 aromatic carbocycles. The third-order valence-corrected chi connectivity index (χ3v) is 13.3. The first-order valence-corrected chi connectivity index (χ1v) is 20.8. The Labute approximate surface area is 343 Å². The molecule has 0 amide bonds. The van der Waals surface area contributed by atoms with Gasteiger partial charge in [-0.15, -0.1) is 11.3 Å². The van der Waals surface area contributed by atoms with Crippen LogP contribution in [0.15, 0.2) is 206 Å². The molecule has 1 aromatic heterocycles. The Morgan fingerprint density at radius 2 is 1.07 bits per heavy atom. The van der Waals surface area contributed by atoms with Crippen LogP contribution in [0.4, 0.5) is 34.1 Å². The number of fused-ring (bicyclic) bond motifs is 6. The molecule has 1 aliphatic rings. The second kappa shape index (κ2) is 13.6. The second-order valence-electron chi connectivity index (χ2n) is 15.7. The molecule has 0 saturated carbocycles. The smallest absolute Gasteiger partial charge is 0.0781 e. The van der Waals surface area contributed by atoms with Crippen LogP contribution in [0, 0.1) is 0 Å². The molecule has 1 aliphatic heterocycles. The highest BCUT2D eigenvalue weighted by atomic mass is 32.1. The highest BCUT2D eigenvalue weighted by molar-refractivity contribution is 7.26. The van der Waals surface area contributed by atoms with E-state index in [1.54, 1.807) is 0 Å². The number of anilines is 6. The SMILES string of the molecule is CC1(C)c2ccccc2N(c2c(N(c3ccccc3)c3ccc(-c4ccccc4)cc3)ccc3ccccc23)c2cc(-c3cccc4c3sc3ccccc34)ccc21. The molecule has 0 saturated heterocycles. The van der Waals surface area contributed by atoms with E-state index in [1.807, 2.05) is 11.3 Å². The largest absolute Gasteiger partial charge is 0.308 e. The molecule has 3 heteroatoms. The van der Waals surface area contributed by atoms with Crippen molar-refractivity contribution in [2.75, 3.05) is 9.80 Å². The first kappa shape index (κ1) is 34.3. The summed E-state index contributed by atoms with van der Waals surface area (Å²) in [6, 6.07) is 75.7. The van der Waals surface area contributed by atoms with Crippen LogP contribution in [0.1, 0.15) is 25.0 Å². The fraction of sp³-hybridized carbons (Fsp3) is 0.0545. The van der Waals surface area contributed by atoms with Crippen molar-refractivity contribution >= 4 is 76.4 Å². The van der Waals surface area contributed by atoms with E-state index >= 15 is 0 Å². The maximum Gasteiger partial charge on any atom is 0.0781 e.